The fraction of sp³-hybridized carbons (Fsp3) is 0.500. The average Bonchev–Trinajstić information content (AvgIpc) is 2.70. The van der Waals surface area contributed by atoms with Gasteiger partial charge < -0.3 is 9.47 Å². The largest absolute Gasteiger partial charge is 0.494 e. The molecule has 0 fully saturated rings. The van der Waals surface area contributed by atoms with Crippen molar-refractivity contribution < 1.29 is 30.7 Å². The summed E-state index contributed by atoms with van der Waals surface area (Å²) in [4.78, 5) is 0. The van der Waals surface area contributed by atoms with Crippen LogP contribution in [0.5, 0.6) is 11.5 Å². The molecule has 0 aliphatic rings. The Kier molecular flexibility index (Phi) is 11.3. The van der Waals surface area contributed by atoms with Gasteiger partial charge in [-0.25, -0.2) is 0 Å². The second-order valence-corrected chi connectivity index (χ2v) is 9.85. The zero-order chi connectivity index (χ0) is 19.2. The molecule has 0 aliphatic heterocycles. The van der Waals surface area contributed by atoms with Crippen molar-refractivity contribution in [1.82, 2.24) is 0 Å². The van der Waals surface area contributed by atoms with Crippen molar-refractivity contribution in [3.63, 3.8) is 0 Å². The molecule has 0 saturated carbocycles. The number of halogens is 1. The maximum atomic E-state index is 5.83. The Hall–Kier alpha value is -1.23. The molecule has 0 aromatic heterocycles. The molecule has 0 heterocycles. The molecule has 0 aliphatic carbocycles. The van der Waals surface area contributed by atoms with Crippen molar-refractivity contribution >= 4 is 0 Å². The van der Waals surface area contributed by atoms with E-state index < -0.39 is 0 Å². The SMILES string of the molecule is CCCCCCOc1ccc([I+]c2ccc(OCCCCCC)cc2)cc1. The molecule has 2 rings (SSSR count). The van der Waals surface area contributed by atoms with Gasteiger partial charge in [0.2, 0.25) is 0 Å². The van der Waals surface area contributed by atoms with E-state index in [1.165, 1.54) is 45.7 Å². The van der Waals surface area contributed by atoms with Gasteiger partial charge in [0.05, 0.1) is 13.2 Å². The third kappa shape index (κ3) is 9.50. The van der Waals surface area contributed by atoms with Gasteiger partial charge in [-0.2, -0.15) is 0 Å². The highest BCUT2D eigenvalue weighted by atomic mass is 127. The molecule has 0 spiro atoms. The van der Waals surface area contributed by atoms with Gasteiger partial charge in [0, 0.05) is 0 Å². The summed E-state index contributed by atoms with van der Waals surface area (Å²) in [5, 5.41) is 0. The summed E-state index contributed by atoms with van der Waals surface area (Å²) in [6, 6.07) is 17.3. The monoisotopic (exact) mass is 481 g/mol. The molecule has 2 aromatic rings. The van der Waals surface area contributed by atoms with Crippen LogP contribution in [0.15, 0.2) is 48.5 Å². The number of hydrogen-bond acceptors (Lipinski definition) is 2. The summed E-state index contributed by atoms with van der Waals surface area (Å²) in [6.07, 6.45) is 9.96. The molecule has 3 heteroatoms. The van der Waals surface area contributed by atoms with E-state index in [1.807, 2.05) is 0 Å². The molecular formula is C24H34IO2+. The summed E-state index contributed by atoms with van der Waals surface area (Å²) in [6.45, 7) is 6.12. The Morgan fingerprint density at radius 3 is 1.33 bits per heavy atom. The first-order chi connectivity index (χ1) is 13.3. The maximum Gasteiger partial charge on any atom is 0.357 e. The van der Waals surface area contributed by atoms with E-state index in [4.69, 9.17) is 9.47 Å². The van der Waals surface area contributed by atoms with Gasteiger partial charge in [-0.15, -0.1) is 0 Å². The van der Waals surface area contributed by atoms with Crippen LogP contribution in [-0.4, -0.2) is 13.2 Å². The quantitative estimate of drug-likeness (QED) is 0.303. The second kappa shape index (κ2) is 13.9. The summed E-state index contributed by atoms with van der Waals surface area (Å²) in [7, 11) is 0. The molecule has 0 N–H and O–H groups in total. The van der Waals surface area contributed by atoms with E-state index in [2.05, 4.69) is 62.4 Å². The maximum absolute atomic E-state index is 5.83. The van der Waals surface area contributed by atoms with E-state index in [1.54, 1.807) is 0 Å². The van der Waals surface area contributed by atoms with E-state index in [0.29, 0.717) is 0 Å². The lowest BCUT2D eigenvalue weighted by molar-refractivity contribution is -0.597. The van der Waals surface area contributed by atoms with Crippen molar-refractivity contribution in [2.24, 2.45) is 0 Å². The minimum atomic E-state index is -0.152. The van der Waals surface area contributed by atoms with E-state index in [-0.39, 0.29) is 21.2 Å². The van der Waals surface area contributed by atoms with Crippen LogP contribution >= 0.6 is 0 Å². The Labute approximate surface area is 175 Å². The van der Waals surface area contributed by atoms with Gasteiger partial charge >= 0.3 is 21.2 Å². The second-order valence-electron chi connectivity index (χ2n) is 6.82. The third-order valence-electron chi connectivity index (χ3n) is 4.38. The van der Waals surface area contributed by atoms with Crippen LogP contribution in [0.4, 0.5) is 0 Å². The lowest BCUT2D eigenvalue weighted by Crippen LogP contribution is -3.61. The first-order valence-electron chi connectivity index (χ1n) is 10.4. The Morgan fingerprint density at radius 2 is 0.963 bits per heavy atom. The summed E-state index contributed by atoms with van der Waals surface area (Å²) in [5.41, 5.74) is 0. The Bertz CT molecular complexity index is 552. The predicted molar refractivity (Wildman–Crippen MR) is 110 cm³/mol. The standard InChI is InChI=1S/C24H34IO2/c1-3-5-7-9-19-26-23-15-11-21(12-16-23)25-22-13-17-24(18-14-22)27-20-10-8-6-4-2/h11-18H,3-10,19-20H2,1-2H3/q+1. The lowest BCUT2D eigenvalue weighted by atomic mass is 10.2. The minimum Gasteiger partial charge on any atom is -0.494 e. The zero-order valence-corrected chi connectivity index (χ0v) is 19.0. The molecule has 0 unspecified atom stereocenters. The van der Waals surface area contributed by atoms with Gasteiger partial charge in [0.15, 0.2) is 7.14 Å². The van der Waals surface area contributed by atoms with E-state index in [9.17, 15) is 0 Å². The topological polar surface area (TPSA) is 18.5 Å². The van der Waals surface area contributed by atoms with Crippen LogP contribution in [0.25, 0.3) is 0 Å². The third-order valence-corrected chi connectivity index (χ3v) is 7.06. The van der Waals surface area contributed by atoms with Crippen LogP contribution in [0.2, 0.25) is 0 Å². The molecule has 0 atom stereocenters. The molecular weight excluding hydrogens is 447 g/mol. The highest BCUT2D eigenvalue weighted by molar-refractivity contribution is 5.22. The molecule has 0 saturated heterocycles. The molecule has 27 heavy (non-hydrogen) atoms. The number of rotatable bonds is 14. The van der Waals surface area contributed by atoms with Gasteiger partial charge in [-0.3, -0.25) is 0 Å². The number of unbranched alkanes of at least 4 members (excludes halogenated alkanes) is 6. The lowest BCUT2D eigenvalue weighted by Gasteiger charge is -2.05. The highest BCUT2D eigenvalue weighted by Crippen LogP contribution is 2.11. The smallest absolute Gasteiger partial charge is 0.357 e. The molecule has 2 aromatic carbocycles. The summed E-state index contributed by atoms with van der Waals surface area (Å²) >= 11 is -0.152. The van der Waals surface area contributed by atoms with Gasteiger partial charge in [0.1, 0.15) is 11.5 Å². The predicted octanol–water partition coefficient (Wildman–Crippen LogP) is 3.73. The zero-order valence-electron chi connectivity index (χ0n) is 16.9. The molecule has 0 radical (unpaired) electrons. The van der Waals surface area contributed by atoms with Gasteiger partial charge in [-0.05, 0) is 61.4 Å². The first-order valence-corrected chi connectivity index (χ1v) is 12.6. The van der Waals surface area contributed by atoms with Crippen molar-refractivity contribution in [2.45, 2.75) is 65.2 Å². The van der Waals surface area contributed by atoms with Crippen LogP contribution in [0, 0.1) is 7.14 Å². The highest BCUT2D eigenvalue weighted by Gasteiger charge is 2.15. The summed E-state index contributed by atoms with van der Waals surface area (Å²) in [5.74, 6) is 1.98. The fourth-order valence-corrected chi connectivity index (χ4v) is 4.91. The molecule has 0 amide bonds. The molecule has 0 bridgehead atoms. The number of benzene rings is 2. The number of hydrogen-bond donors (Lipinski definition) is 0. The first kappa shape index (κ1) is 22.1. The summed E-state index contributed by atoms with van der Waals surface area (Å²) < 4.78 is 14.5. The van der Waals surface area contributed by atoms with Crippen molar-refractivity contribution in [1.29, 1.82) is 0 Å². The fourth-order valence-electron chi connectivity index (χ4n) is 2.75. The normalized spacial score (nSPS) is 10.7. The van der Waals surface area contributed by atoms with E-state index >= 15 is 0 Å². The molecule has 2 nitrogen and oxygen atoms in total. The van der Waals surface area contributed by atoms with Crippen molar-refractivity contribution in [2.75, 3.05) is 13.2 Å². The van der Waals surface area contributed by atoms with Crippen LogP contribution in [0.1, 0.15) is 65.2 Å². The average molecular weight is 481 g/mol. The number of ether oxygens (including phenoxy) is 2. The van der Waals surface area contributed by atoms with Crippen molar-refractivity contribution in [3.05, 3.63) is 55.7 Å². The minimum absolute atomic E-state index is 0.152. The van der Waals surface area contributed by atoms with E-state index in [0.717, 1.165) is 37.6 Å². The van der Waals surface area contributed by atoms with Gasteiger partial charge in [-0.1, -0.05) is 52.4 Å². The molecule has 148 valence electrons. The Balaban J connectivity index is 1.71. The van der Waals surface area contributed by atoms with Crippen LogP contribution in [-0.2, 0) is 0 Å². The Morgan fingerprint density at radius 1 is 0.556 bits per heavy atom. The van der Waals surface area contributed by atoms with Crippen LogP contribution in [0.3, 0.4) is 0 Å². The van der Waals surface area contributed by atoms with Gasteiger partial charge in [0.25, 0.3) is 0 Å². The van der Waals surface area contributed by atoms with Crippen molar-refractivity contribution in [3.8, 4) is 11.5 Å². The van der Waals surface area contributed by atoms with Crippen LogP contribution < -0.4 is 30.7 Å².